The molecule has 0 aromatic carbocycles. The molecular weight excluding hydrogens is 254 g/mol. The van der Waals surface area contributed by atoms with Gasteiger partial charge in [-0.25, -0.2) is 0 Å². The molecule has 1 heterocycles. The van der Waals surface area contributed by atoms with Crippen LogP contribution in [0.15, 0.2) is 12.3 Å². The van der Waals surface area contributed by atoms with Gasteiger partial charge < -0.3 is 4.74 Å². The van der Waals surface area contributed by atoms with E-state index >= 15 is 0 Å². The Labute approximate surface area is 120 Å². The van der Waals surface area contributed by atoms with Crippen LogP contribution in [0, 0.1) is 6.92 Å². The van der Waals surface area contributed by atoms with Crippen molar-refractivity contribution in [2.75, 3.05) is 7.11 Å². The highest BCUT2D eigenvalue weighted by atomic mass is 16.5. The SMILES string of the molecule is COC(=O)C(C)(CCCCn1nccc1C)NC1CC1. The summed E-state index contributed by atoms with van der Waals surface area (Å²) in [4.78, 5) is 12.0. The smallest absolute Gasteiger partial charge is 0.325 e. The zero-order chi connectivity index (χ0) is 14.6. The number of rotatable bonds is 8. The molecule has 1 aliphatic rings. The van der Waals surface area contributed by atoms with Gasteiger partial charge in [-0.15, -0.1) is 0 Å². The van der Waals surface area contributed by atoms with Crippen LogP contribution in [0.5, 0.6) is 0 Å². The topological polar surface area (TPSA) is 56.2 Å². The Morgan fingerprint density at radius 2 is 2.30 bits per heavy atom. The molecular formula is C15H25N3O2. The molecule has 1 fully saturated rings. The molecule has 0 spiro atoms. The normalized spacial score (nSPS) is 17.8. The highest BCUT2D eigenvalue weighted by Gasteiger charge is 2.38. The maximum Gasteiger partial charge on any atom is 0.325 e. The highest BCUT2D eigenvalue weighted by Crippen LogP contribution is 2.26. The molecule has 0 amide bonds. The van der Waals surface area contributed by atoms with Crippen LogP contribution in [0.3, 0.4) is 0 Å². The van der Waals surface area contributed by atoms with E-state index in [0.29, 0.717) is 6.04 Å². The molecule has 0 saturated heterocycles. The first kappa shape index (κ1) is 15.0. The van der Waals surface area contributed by atoms with E-state index in [2.05, 4.69) is 17.3 Å². The van der Waals surface area contributed by atoms with Gasteiger partial charge in [-0.2, -0.15) is 5.10 Å². The molecule has 1 aromatic heterocycles. The van der Waals surface area contributed by atoms with Crippen LogP contribution in [0.2, 0.25) is 0 Å². The van der Waals surface area contributed by atoms with Crippen molar-refractivity contribution in [3.8, 4) is 0 Å². The van der Waals surface area contributed by atoms with Gasteiger partial charge in [-0.05, 0) is 52.0 Å². The number of hydrogen-bond acceptors (Lipinski definition) is 4. The van der Waals surface area contributed by atoms with Crippen LogP contribution in [0.1, 0.15) is 44.7 Å². The molecule has 1 aromatic rings. The first-order valence-electron chi connectivity index (χ1n) is 7.40. The Balaban J connectivity index is 1.79. The van der Waals surface area contributed by atoms with E-state index in [1.807, 2.05) is 23.9 Å². The predicted octanol–water partition coefficient (Wildman–Crippen LogP) is 2.05. The number of ether oxygens (including phenoxy) is 1. The van der Waals surface area contributed by atoms with Gasteiger partial charge in [-0.3, -0.25) is 14.8 Å². The molecule has 0 bridgehead atoms. The summed E-state index contributed by atoms with van der Waals surface area (Å²) in [5, 5.41) is 7.69. The number of aryl methyl sites for hydroxylation is 2. The van der Waals surface area contributed by atoms with E-state index < -0.39 is 5.54 Å². The number of esters is 1. The summed E-state index contributed by atoms with van der Waals surface area (Å²) in [6.07, 6.45) is 6.95. The summed E-state index contributed by atoms with van der Waals surface area (Å²) in [6, 6.07) is 2.50. The van der Waals surface area contributed by atoms with Gasteiger partial charge in [0, 0.05) is 24.5 Å². The first-order chi connectivity index (χ1) is 9.55. The number of aromatic nitrogens is 2. The van der Waals surface area contributed by atoms with E-state index in [0.717, 1.165) is 25.8 Å². The summed E-state index contributed by atoms with van der Waals surface area (Å²) in [6.45, 7) is 4.91. The number of carbonyl (C=O) groups is 1. The largest absolute Gasteiger partial charge is 0.468 e. The number of unbranched alkanes of at least 4 members (excludes halogenated alkanes) is 1. The lowest BCUT2D eigenvalue weighted by Crippen LogP contribution is -2.51. The van der Waals surface area contributed by atoms with Crippen LogP contribution >= 0.6 is 0 Å². The molecule has 1 aliphatic carbocycles. The van der Waals surface area contributed by atoms with Crippen molar-refractivity contribution in [2.24, 2.45) is 0 Å². The summed E-state index contributed by atoms with van der Waals surface area (Å²) >= 11 is 0. The third-order valence-electron chi connectivity index (χ3n) is 3.96. The van der Waals surface area contributed by atoms with E-state index in [-0.39, 0.29) is 5.97 Å². The minimum absolute atomic E-state index is 0.153. The van der Waals surface area contributed by atoms with E-state index in [1.165, 1.54) is 25.6 Å². The number of hydrogen-bond donors (Lipinski definition) is 1. The monoisotopic (exact) mass is 279 g/mol. The number of methoxy groups -OCH3 is 1. The zero-order valence-electron chi connectivity index (χ0n) is 12.7. The van der Waals surface area contributed by atoms with Crippen molar-refractivity contribution in [3.05, 3.63) is 18.0 Å². The van der Waals surface area contributed by atoms with Crippen molar-refractivity contribution >= 4 is 5.97 Å². The van der Waals surface area contributed by atoms with Crippen LogP contribution < -0.4 is 5.32 Å². The maximum absolute atomic E-state index is 12.0. The third kappa shape index (κ3) is 3.82. The highest BCUT2D eigenvalue weighted by molar-refractivity contribution is 5.80. The molecule has 1 unspecified atom stereocenters. The molecule has 0 aliphatic heterocycles. The number of nitrogens with zero attached hydrogens (tertiary/aromatic N) is 2. The molecule has 1 saturated carbocycles. The average molecular weight is 279 g/mol. The fraction of sp³-hybridized carbons (Fsp3) is 0.733. The standard InChI is InChI=1S/C15H25N3O2/c1-12-8-10-16-18(12)11-5-4-9-15(2,14(19)20-3)17-13-6-7-13/h8,10,13,17H,4-7,9,11H2,1-3H3. The zero-order valence-corrected chi connectivity index (χ0v) is 12.7. The molecule has 0 radical (unpaired) electrons. The average Bonchev–Trinajstić information content (AvgIpc) is 3.14. The fourth-order valence-corrected chi connectivity index (χ4v) is 2.51. The predicted molar refractivity (Wildman–Crippen MR) is 77.4 cm³/mol. The Morgan fingerprint density at radius 1 is 1.55 bits per heavy atom. The van der Waals surface area contributed by atoms with Gasteiger partial charge in [-0.1, -0.05) is 0 Å². The van der Waals surface area contributed by atoms with Crippen LogP contribution in [0.4, 0.5) is 0 Å². The fourth-order valence-electron chi connectivity index (χ4n) is 2.51. The Hall–Kier alpha value is -1.36. The molecule has 1 atom stereocenters. The quantitative estimate of drug-likeness (QED) is 0.584. The third-order valence-corrected chi connectivity index (χ3v) is 3.96. The maximum atomic E-state index is 12.0. The molecule has 5 nitrogen and oxygen atoms in total. The van der Waals surface area contributed by atoms with Crippen molar-refractivity contribution in [2.45, 2.75) is 64.1 Å². The molecule has 5 heteroatoms. The Bertz CT molecular complexity index is 454. The lowest BCUT2D eigenvalue weighted by molar-refractivity contribution is -0.148. The second kappa shape index (κ2) is 6.39. The molecule has 20 heavy (non-hydrogen) atoms. The molecule has 1 N–H and O–H groups in total. The number of nitrogens with one attached hydrogen (secondary N) is 1. The lowest BCUT2D eigenvalue weighted by atomic mass is 9.94. The summed E-state index contributed by atoms with van der Waals surface area (Å²) < 4.78 is 6.95. The molecule has 2 rings (SSSR count). The molecule has 112 valence electrons. The summed E-state index contributed by atoms with van der Waals surface area (Å²) in [5.74, 6) is -0.153. The van der Waals surface area contributed by atoms with Crippen LogP contribution in [0.25, 0.3) is 0 Å². The first-order valence-corrected chi connectivity index (χ1v) is 7.40. The Morgan fingerprint density at radius 3 is 2.85 bits per heavy atom. The second-order valence-corrected chi connectivity index (χ2v) is 5.90. The van der Waals surface area contributed by atoms with E-state index in [9.17, 15) is 4.79 Å². The van der Waals surface area contributed by atoms with Crippen molar-refractivity contribution in [1.82, 2.24) is 15.1 Å². The van der Waals surface area contributed by atoms with Crippen LogP contribution in [-0.2, 0) is 16.1 Å². The summed E-state index contributed by atoms with van der Waals surface area (Å²) in [5.41, 5.74) is 0.631. The van der Waals surface area contributed by atoms with Crippen molar-refractivity contribution < 1.29 is 9.53 Å². The minimum Gasteiger partial charge on any atom is -0.468 e. The lowest BCUT2D eigenvalue weighted by Gasteiger charge is -2.28. The van der Waals surface area contributed by atoms with Gasteiger partial charge in [0.05, 0.1) is 7.11 Å². The Kier molecular flexibility index (Phi) is 4.81. The van der Waals surface area contributed by atoms with Crippen LogP contribution in [-0.4, -0.2) is 34.4 Å². The van der Waals surface area contributed by atoms with Gasteiger partial charge in [0.25, 0.3) is 0 Å². The van der Waals surface area contributed by atoms with E-state index in [4.69, 9.17) is 4.74 Å². The van der Waals surface area contributed by atoms with Crippen molar-refractivity contribution in [3.63, 3.8) is 0 Å². The minimum atomic E-state index is -0.547. The van der Waals surface area contributed by atoms with E-state index in [1.54, 1.807) is 0 Å². The van der Waals surface area contributed by atoms with Crippen molar-refractivity contribution in [1.29, 1.82) is 0 Å². The second-order valence-electron chi connectivity index (χ2n) is 5.90. The summed E-state index contributed by atoms with van der Waals surface area (Å²) in [7, 11) is 1.46. The van der Waals surface area contributed by atoms with Gasteiger partial charge in [0.15, 0.2) is 0 Å². The van der Waals surface area contributed by atoms with Gasteiger partial charge in [0.2, 0.25) is 0 Å². The number of carbonyl (C=O) groups excluding carboxylic acids is 1. The van der Waals surface area contributed by atoms with Gasteiger partial charge in [0.1, 0.15) is 5.54 Å². The van der Waals surface area contributed by atoms with Gasteiger partial charge >= 0.3 is 5.97 Å².